The number of nitrogens with zero attached hydrogens (tertiary/aromatic N) is 2. The Labute approximate surface area is 107 Å². The molecule has 1 saturated heterocycles. The van der Waals surface area contributed by atoms with E-state index in [1.165, 1.54) is 25.9 Å². The van der Waals surface area contributed by atoms with E-state index in [1.807, 2.05) is 24.3 Å². The van der Waals surface area contributed by atoms with Crippen LogP contribution in [0.3, 0.4) is 0 Å². The molecule has 0 saturated carbocycles. The van der Waals surface area contributed by atoms with Gasteiger partial charge in [0.1, 0.15) is 6.61 Å². The van der Waals surface area contributed by atoms with Gasteiger partial charge in [0.15, 0.2) is 0 Å². The summed E-state index contributed by atoms with van der Waals surface area (Å²) < 4.78 is 5.72. The number of aromatic nitrogens is 1. The molecule has 0 atom stereocenters. The van der Waals surface area contributed by atoms with E-state index in [9.17, 15) is 0 Å². The van der Waals surface area contributed by atoms with E-state index in [2.05, 4.69) is 22.0 Å². The Morgan fingerprint density at radius 1 is 1.06 bits per heavy atom. The molecule has 3 heteroatoms. The van der Waals surface area contributed by atoms with E-state index >= 15 is 0 Å². The van der Waals surface area contributed by atoms with Crippen LogP contribution in [-0.2, 0) is 0 Å². The van der Waals surface area contributed by atoms with Crippen LogP contribution in [0.25, 0.3) is 10.9 Å². The molecule has 1 aromatic heterocycles. The van der Waals surface area contributed by atoms with E-state index in [0.717, 1.165) is 29.9 Å². The Bertz CT molecular complexity index is 521. The summed E-state index contributed by atoms with van der Waals surface area (Å²) in [5, 5.41) is 1.16. The van der Waals surface area contributed by atoms with Gasteiger partial charge in [-0.2, -0.15) is 0 Å². The van der Waals surface area contributed by atoms with Gasteiger partial charge >= 0.3 is 0 Å². The molecule has 1 fully saturated rings. The van der Waals surface area contributed by atoms with E-state index in [-0.39, 0.29) is 0 Å². The number of para-hydroxylation sites is 1. The highest BCUT2D eigenvalue weighted by Crippen LogP contribution is 2.16. The largest absolute Gasteiger partial charge is 0.476 e. The second-order valence-corrected chi connectivity index (χ2v) is 4.74. The summed E-state index contributed by atoms with van der Waals surface area (Å²) >= 11 is 0. The summed E-state index contributed by atoms with van der Waals surface area (Å²) in [4.78, 5) is 6.94. The van der Waals surface area contributed by atoms with Gasteiger partial charge in [0, 0.05) is 18.0 Å². The van der Waals surface area contributed by atoms with Crippen molar-refractivity contribution in [2.75, 3.05) is 26.2 Å². The lowest BCUT2D eigenvalue weighted by Gasteiger charge is -2.14. The molecule has 0 amide bonds. The third-order valence-corrected chi connectivity index (χ3v) is 3.43. The Morgan fingerprint density at radius 2 is 1.89 bits per heavy atom. The van der Waals surface area contributed by atoms with Gasteiger partial charge in [-0.3, -0.25) is 4.90 Å². The number of fused-ring (bicyclic) bond motifs is 1. The molecule has 1 aromatic carbocycles. The van der Waals surface area contributed by atoms with Gasteiger partial charge in [-0.05, 0) is 38.1 Å². The van der Waals surface area contributed by atoms with E-state index < -0.39 is 0 Å². The number of rotatable bonds is 4. The van der Waals surface area contributed by atoms with Crippen molar-refractivity contribution in [3.05, 3.63) is 36.4 Å². The Kier molecular flexibility index (Phi) is 3.42. The van der Waals surface area contributed by atoms with Gasteiger partial charge in [-0.25, -0.2) is 4.98 Å². The van der Waals surface area contributed by atoms with Gasteiger partial charge in [0.25, 0.3) is 0 Å². The molecule has 18 heavy (non-hydrogen) atoms. The molecule has 0 spiro atoms. The van der Waals surface area contributed by atoms with Gasteiger partial charge in [-0.1, -0.05) is 18.2 Å². The van der Waals surface area contributed by atoms with Crippen LogP contribution >= 0.6 is 0 Å². The van der Waals surface area contributed by atoms with Crippen molar-refractivity contribution < 1.29 is 4.74 Å². The van der Waals surface area contributed by atoms with Gasteiger partial charge in [-0.15, -0.1) is 0 Å². The van der Waals surface area contributed by atoms with Gasteiger partial charge in [0.2, 0.25) is 5.88 Å². The second kappa shape index (κ2) is 5.36. The predicted molar refractivity (Wildman–Crippen MR) is 72.9 cm³/mol. The average Bonchev–Trinajstić information content (AvgIpc) is 2.92. The Balaban J connectivity index is 1.60. The summed E-state index contributed by atoms with van der Waals surface area (Å²) in [6, 6.07) is 12.1. The number of hydrogen-bond acceptors (Lipinski definition) is 3. The lowest BCUT2D eigenvalue weighted by Crippen LogP contribution is -2.25. The number of benzene rings is 1. The van der Waals surface area contributed by atoms with Crippen LogP contribution in [0.1, 0.15) is 12.8 Å². The predicted octanol–water partition coefficient (Wildman–Crippen LogP) is 2.71. The SMILES string of the molecule is c1ccc2nc(OCCN3CCCC3)ccc2c1. The fraction of sp³-hybridized carbons (Fsp3) is 0.400. The molecule has 0 aliphatic carbocycles. The first-order valence-electron chi connectivity index (χ1n) is 6.63. The number of ether oxygens (including phenoxy) is 1. The second-order valence-electron chi connectivity index (χ2n) is 4.74. The molecule has 2 aromatic rings. The monoisotopic (exact) mass is 242 g/mol. The quantitative estimate of drug-likeness (QED) is 0.824. The van der Waals surface area contributed by atoms with Crippen molar-refractivity contribution in [1.29, 1.82) is 0 Å². The molecule has 0 radical (unpaired) electrons. The molecule has 3 nitrogen and oxygen atoms in total. The smallest absolute Gasteiger partial charge is 0.213 e. The minimum Gasteiger partial charge on any atom is -0.476 e. The van der Waals surface area contributed by atoms with Crippen LogP contribution in [0.2, 0.25) is 0 Å². The maximum Gasteiger partial charge on any atom is 0.213 e. The number of hydrogen-bond donors (Lipinski definition) is 0. The van der Waals surface area contributed by atoms with Crippen molar-refractivity contribution in [2.45, 2.75) is 12.8 Å². The van der Waals surface area contributed by atoms with Crippen molar-refractivity contribution >= 4 is 10.9 Å². The van der Waals surface area contributed by atoms with Crippen molar-refractivity contribution in [2.24, 2.45) is 0 Å². The highest BCUT2D eigenvalue weighted by molar-refractivity contribution is 5.78. The van der Waals surface area contributed by atoms with Crippen LogP contribution in [-0.4, -0.2) is 36.1 Å². The van der Waals surface area contributed by atoms with Crippen LogP contribution in [0.15, 0.2) is 36.4 Å². The third kappa shape index (κ3) is 2.62. The normalized spacial score (nSPS) is 16.2. The fourth-order valence-corrected chi connectivity index (χ4v) is 2.41. The summed E-state index contributed by atoms with van der Waals surface area (Å²) in [6.45, 7) is 4.17. The molecule has 0 unspecified atom stereocenters. The first-order chi connectivity index (χ1) is 8.92. The van der Waals surface area contributed by atoms with Crippen LogP contribution < -0.4 is 4.74 Å². The zero-order valence-electron chi connectivity index (χ0n) is 10.5. The van der Waals surface area contributed by atoms with Crippen LogP contribution in [0.5, 0.6) is 5.88 Å². The zero-order chi connectivity index (χ0) is 12.2. The van der Waals surface area contributed by atoms with E-state index in [1.54, 1.807) is 0 Å². The summed E-state index contributed by atoms with van der Waals surface area (Å²) in [5.41, 5.74) is 0.996. The van der Waals surface area contributed by atoms with Crippen LogP contribution in [0, 0.1) is 0 Å². The molecule has 3 rings (SSSR count). The third-order valence-electron chi connectivity index (χ3n) is 3.43. The molecule has 94 valence electrons. The maximum absolute atomic E-state index is 5.72. The maximum atomic E-state index is 5.72. The summed E-state index contributed by atoms with van der Waals surface area (Å²) in [7, 11) is 0. The first-order valence-corrected chi connectivity index (χ1v) is 6.63. The molecule has 1 aliphatic rings. The van der Waals surface area contributed by atoms with E-state index in [4.69, 9.17) is 4.74 Å². The van der Waals surface area contributed by atoms with Gasteiger partial charge in [0.05, 0.1) is 5.52 Å². The topological polar surface area (TPSA) is 25.4 Å². The number of pyridine rings is 1. The first kappa shape index (κ1) is 11.5. The molecule has 2 heterocycles. The van der Waals surface area contributed by atoms with E-state index in [0.29, 0.717) is 0 Å². The fourth-order valence-electron chi connectivity index (χ4n) is 2.41. The lowest BCUT2D eigenvalue weighted by molar-refractivity contribution is 0.232. The Hall–Kier alpha value is -1.61. The molecular formula is C15H18N2O. The van der Waals surface area contributed by atoms with Crippen LogP contribution in [0.4, 0.5) is 0 Å². The molecule has 0 N–H and O–H groups in total. The van der Waals surface area contributed by atoms with Crippen molar-refractivity contribution in [3.8, 4) is 5.88 Å². The summed E-state index contributed by atoms with van der Waals surface area (Å²) in [6.07, 6.45) is 2.66. The lowest BCUT2D eigenvalue weighted by atomic mass is 10.2. The zero-order valence-corrected chi connectivity index (χ0v) is 10.5. The standard InChI is InChI=1S/C15H18N2O/c1-2-6-14-13(5-1)7-8-15(16-14)18-12-11-17-9-3-4-10-17/h1-2,5-8H,3-4,9-12H2. The molecular weight excluding hydrogens is 224 g/mol. The minimum absolute atomic E-state index is 0.728. The average molecular weight is 242 g/mol. The Morgan fingerprint density at radius 3 is 2.78 bits per heavy atom. The highest BCUT2D eigenvalue weighted by atomic mass is 16.5. The molecule has 0 bridgehead atoms. The van der Waals surface area contributed by atoms with Crippen molar-refractivity contribution in [3.63, 3.8) is 0 Å². The van der Waals surface area contributed by atoms with Gasteiger partial charge < -0.3 is 4.74 Å². The van der Waals surface area contributed by atoms with Crippen molar-refractivity contribution in [1.82, 2.24) is 9.88 Å². The number of likely N-dealkylation sites (tertiary alicyclic amines) is 1. The highest BCUT2D eigenvalue weighted by Gasteiger charge is 2.10. The molecule has 1 aliphatic heterocycles. The minimum atomic E-state index is 0.728. The summed E-state index contributed by atoms with van der Waals surface area (Å²) in [5.74, 6) is 0.730.